The van der Waals surface area contributed by atoms with Gasteiger partial charge >= 0.3 is 0 Å². The summed E-state index contributed by atoms with van der Waals surface area (Å²) in [4.78, 5) is 0. The summed E-state index contributed by atoms with van der Waals surface area (Å²) in [5, 5.41) is 11.0. The van der Waals surface area contributed by atoms with Gasteiger partial charge in [0.2, 0.25) is 0 Å². The molecule has 1 aliphatic rings. The lowest BCUT2D eigenvalue weighted by Gasteiger charge is -2.30. The van der Waals surface area contributed by atoms with Crippen molar-refractivity contribution in [3.63, 3.8) is 0 Å². The molecule has 160 valence electrons. The lowest BCUT2D eigenvalue weighted by molar-refractivity contribution is -0.173. The quantitative estimate of drug-likeness (QED) is 0.389. The molecule has 0 amide bonds. The van der Waals surface area contributed by atoms with Crippen LogP contribution in [0.1, 0.15) is 35.6 Å². The highest BCUT2D eigenvalue weighted by Gasteiger charge is 2.31. The van der Waals surface area contributed by atoms with Gasteiger partial charge in [-0.05, 0) is 42.3 Å². The van der Waals surface area contributed by atoms with Gasteiger partial charge in [0.25, 0.3) is 0 Å². The second kappa shape index (κ2) is 8.96. The van der Waals surface area contributed by atoms with Gasteiger partial charge in [0.1, 0.15) is 11.9 Å². The van der Waals surface area contributed by atoms with E-state index in [0.29, 0.717) is 25.2 Å². The molecule has 1 fully saturated rings. The molecule has 0 bridgehead atoms. The maximum atomic E-state index is 13.6. The van der Waals surface area contributed by atoms with Gasteiger partial charge < -0.3 is 14.0 Å². The molecule has 5 rings (SSSR count). The molecule has 2 atom stereocenters. The zero-order valence-corrected chi connectivity index (χ0v) is 17.6. The maximum absolute atomic E-state index is 13.6. The average Bonchev–Trinajstić information content (AvgIpc) is 3.18. The fourth-order valence-electron chi connectivity index (χ4n) is 4.52. The van der Waals surface area contributed by atoms with E-state index in [2.05, 4.69) is 10.6 Å². The number of aromatic nitrogens is 1. The van der Waals surface area contributed by atoms with Crippen molar-refractivity contribution in [2.24, 2.45) is 0 Å². The first-order valence-electron chi connectivity index (χ1n) is 10.8. The molecule has 2 heterocycles. The lowest BCUT2D eigenvalue weighted by atomic mass is 9.92. The number of rotatable bonds is 5. The number of benzene rings is 3. The van der Waals surface area contributed by atoms with Crippen LogP contribution in [-0.4, -0.2) is 17.5 Å². The summed E-state index contributed by atoms with van der Waals surface area (Å²) in [5.41, 5.74) is 4.48. The van der Waals surface area contributed by atoms with E-state index < -0.39 is 0 Å². The predicted octanol–water partition coefficient (Wildman–Crippen LogP) is 6.08. The Morgan fingerprint density at radius 3 is 2.53 bits per heavy atom. The zero-order valence-electron chi connectivity index (χ0n) is 17.6. The van der Waals surface area contributed by atoms with Gasteiger partial charge in [0, 0.05) is 29.1 Å². The maximum Gasteiger partial charge on any atom is 0.158 e. The van der Waals surface area contributed by atoms with Crippen LogP contribution in [0.25, 0.3) is 16.6 Å². The Balaban J connectivity index is 1.52. The molecule has 0 aliphatic carbocycles. The van der Waals surface area contributed by atoms with Crippen molar-refractivity contribution < 1.29 is 13.9 Å². The number of hydrogen-bond donors (Lipinski definition) is 0. The standard InChI is InChI=1S/C27H23FN2O2/c28-21-10-12-22(13-11-21)30-25-9-5-4-8-23(25)24(17-29)27(30)20-14-15-31-26(16-20)32-18-19-6-2-1-3-7-19/h1-13,20,26H,14-16,18H2. The predicted molar refractivity (Wildman–Crippen MR) is 121 cm³/mol. The number of hydrogen-bond acceptors (Lipinski definition) is 3. The topological polar surface area (TPSA) is 47.2 Å². The molecule has 0 N–H and O–H groups in total. The van der Waals surface area contributed by atoms with E-state index in [4.69, 9.17) is 9.47 Å². The van der Waals surface area contributed by atoms with E-state index in [0.717, 1.165) is 34.3 Å². The molecule has 0 spiro atoms. The van der Waals surface area contributed by atoms with Crippen molar-refractivity contribution in [2.75, 3.05) is 6.61 Å². The van der Waals surface area contributed by atoms with Gasteiger partial charge in [-0.25, -0.2) is 4.39 Å². The largest absolute Gasteiger partial charge is 0.353 e. The monoisotopic (exact) mass is 426 g/mol. The number of fused-ring (bicyclic) bond motifs is 1. The number of nitriles is 1. The van der Waals surface area contributed by atoms with Crippen LogP contribution >= 0.6 is 0 Å². The third-order valence-electron chi connectivity index (χ3n) is 6.02. The number of nitrogens with zero attached hydrogens (tertiary/aromatic N) is 2. The average molecular weight is 426 g/mol. The third kappa shape index (κ3) is 3.91. The fourth-order valence-corrected chi connectivity index (χ4v) is 4.52. The van der Waals surface area contributed by atoms with Gasteiger partial charge in [-0.2, -0.15) is 5.26 Å². The Bertz CT molecular complexity index is 1260. The molecule has 1 aliphatic heterocycles. The van der Waals surface area contributed by atoms with Gasteiger partial charge in [0.15, 0.2) is 6.29 Å². The lowest BCUT2D eigenvalue weighted by Crippen LogP contribution is -2.28. The van der Waals surface area contributed by atoms with Crippen LogP contribution in [-0.2, 0) is 16.1 Å². The first-order chi connectivity index (χ1) is 15.7. The number of ether oxygens (including phenoxy) is 2. The molecule has 3 aromatic carbocycles. The Labute approximate surface area is 186 Å². The Hall–Kier alpha value is -3.46. The van der Waals surface area contributed by atoms with Crippen LogP contribution in [0.15, 0.2) is 78.9 Å². The molecule has 4 nitrogen and oxygen atoms in total. The van der Waals surface area contributed by atoms with Crippen LogP contribution in [0.4, 0.5) is 4.39 Å². The number of para-hydroxylation sites is 1. The molecule has 2 unspecified atom stereocenters. The molecule has 0 radical (unpaired) electrons. The SMILES string of the molecule is N#Cc1c(C2CCOC(OCc3ccccc3)C2)n(-c2ccc(F)cc2)c2ccccc12. The van der Waals surface area contributed by atoms with Crippen molar-refractivity contribution in [3.8, 4) is 11.8 Å². The molecule has 1 aromatic heterocycles. The summed E-state index contributed by atoms with van der Waals surface area (Å²) in [6.07, 6.45) is 1.09. The molecule has 4 aromatic rings. The summed E-state index contributed by atoms with van der Waals surface area (Å²) in [7, 11) is 0. The number of halogens is 1. The molecule has 5 heteroatoms. The minimum atomic E-state index is -0.347. The first-order valence-corrected chi connectivity index (χ1v) is 10.8. The van der Waals surface area contributed by atoms with Gasteiger partial charge in [-0.15, -0.1) is 0 Å². The van der Waals surface area contributed by atoms with Crippen molar-refractivity contribution in [1.29, 1.82) is 5.26 Å². The van der Waals surface area contributed by atoms with E-state index >= 15 is 0 Å². The van der Waals surface area contributed by atoms with Gasteiger partial charge in [-0.3, -0.25) is 0 Å². The van der Waals surface area contributed by atoms with Crippen LogP contribution in [0.5, 0.6) is 0 Å². The van der Waals surface area contributed by atoms with Crippen molar-refractivity contribution in [1.82, 2.24) is 4.57 Å². The summed E-state index contributed by atoms with van der Waals surface area (Å²) >= 11 is 0. The summed E-state index contributed by atoms with van der Waals surface area (Å²) < 4.78 is 27.7. The van der Waals surface area contributed by atoms with E-state index in [1.807, 2.05) is 54.6 Å². The third-order valence-corrected chi connectivity index (χ3v) is 6.02. The van der Waals surface area contributed by atoms with E-state index in [1.54, 1.807) is 12.1 Å². The fraction of sp³-hybridized carbons (Fsp3) is 0.222. The Morgan fingerprint density at radius 1 is 1.00 bits per heavy atom. The van der Waals surface area contributed by atoms with E-state index in [1.165, 1.54) is 12.1 Å². The normalized spacial score (nSPS) is 18.5. The second-order valence-corrected chi connectivity index (χ2v) is 8.02. The van der Waals surface area contributed by atoms with E-state index in [9.17, 15) is 9.65 Å². The highest BCUT2D eigenvalue weighted by molar-refractivity contribution is 5.90. The first kappa shape index (κ1) is 20.4. The molecular weight excluding hydrogens is 403 g/mol. The molecule has 0 saturated carbocycles. The smallest absolute Gasteiger partial charge is 0.158 e. The van der Waals surface area contributed by atoms with Crippen molar-refractivity contribution in [2.45, 2.75) is 31.7 Å². The van der Waals surface area contributed by atoms with Gasteiger partial charge in [0.05, 0.1) is 24.3 Å². The summed E-state index contributed by atoms with van der Waals surface area (Å²) in [6, 6.07) is 26.8. The van der Waals surface area contributed by atoms with Crippen LogP contribution in [0, 0.1) is 17.1 Å². The molecule has 32 heavy (non-hydrogen) atoms. The summed E-state index contributed by atoms with van der Waals surface area (Å²) in [5.74, 6) is -0.204. The van der Waals surface area contributed by atoms with Crippen molar-refractivity contribution in [3.05, 3.63) is 102 Å². The minimum absolute atomic E-state index is 0.0802. The Morgan fingerprint density at radius 2 is 1.75 bits per heavy atom. The molecule has 1 saturated heterocycles. The second-order valence-electron chi connectivity index (χ2n) is 8.02. The van der Waals surface area contributed by atoms with E-state index in [-0.39, 0.29) is 18.0 Å². The minimum Gasteiger partial charge on any atom is -0.353 e. The Kier molecular flexibility index (Phi) is 5.72. The summed E-state index contributed by atoms with van der Waals surface area (Å²) in [6.45, 7) is 1.03. The van der Waals surface area contributed by atoms with Crippen LogP contribution in [0.3, 0.4) is 0 Å². The highest BCUT2D eigenvalue weighted by atomic mass is 19.1. The van der Waals surface area contributed by atoms with Crippen molar-refractivity contribution >= 4 is 10.9 Å². The van der Waals surface area contributed by atoms with Crippen LogP contribution in [0.2, 0.25) is 0 Å². The highest BCUT2D eigenvalue weighted by Crippen LogP contribution is 2.39. The van der Waals surface area contributed by atoms with Gasteiger partial charge in [-0.1, -0.05) is 48.5 Å². The zero-order chi connectivity index (χ0) is 21.9. The molecular formula is C27H23FN2O2. The van der Waals surface area contributed by atoms with Crippen LogP contribution < -0.4 is 0 Å².